The average Bonchev–Trinajstić information content (AvgIpc) is 4.05. The van der Waals surface area contributed by atoms with Gasteiger partial charge in [-0.25, -0.2) is 8.42 Å². The van der Waals surface area contributed by atoms with Crippen molar-refractivity contribution < 1.29 is 46.7 Å². The maximum absolute atomic E-state index is 13.0. The summed E-state index contributed by atoms with van der Waals surface area (Å²) in [7, 11) is -5.93. The fraction of sp³-hybridized carbons (Fsp3) is 0.400. The Kier molecular flexibility index (Phi) is 18.1. The molecular formula is C60H73BN6O9S. The molecule has 406 valence electrons. The molecule has 0 radical (unpaired) electrons. The Balaban J connectivity index is 0.930. The van der Waals surface area contributed by atoms with Crippen molar-refractivity contribution in [2.75, 3.05) is 35.7 Å². The largest absolute Gasteiger partial charge is 0.748 e. The molecule has 0 bridgehead atoms. The van der Waals surface area contributed by atoms with Gasteiger partial charge >= 0.3 is 7.12 Å². The van der Waals surface area contributed by atoms with Crippen LogP contribution >= 0.6 is 0 Å². The minimum Gasteiger partial charge on any atom is -0.748 e. The van der Waals surface area contributed by atoms with Crippen LogP contribution in [0.3, 0.4) is 0 Å². The number of carbonyl (C=O) groups is 3. The van der Waals surface area contributed by atoms with Gasteiger partial charge in [0.1, 0.15) is 24.1 Å². The number of anilines is 2. The van der Waals surface area contributed by atoms with E-state index in [1.807, 2.05) is 42.5 Å². The van der Waals surface area contributed by atoms with Gasteiger partial charge in [0.15, 0.2) is 5.71 Å². The molecule has 5 N–H and O–H groups in total. The van der Waals surface area contributed by atoms with Crippen molar-refractivity contribution in [3.63, 3.8) is 0 Å². The molecule has 15 nitrogen and oxygen atoms in total. The lowest BCUT2D eigenvalue weighted by molar-refractivity contribution is -0.438. The highest BCUT2D eigenvalue weighted by molar-refractivity contribution is 7.85. The number of nitrogens with one attached hydrogen (secondary N) is 3. The van der Waals surface area contributed by atoms with E-state index in [2.05, 4.69) is 114 Å². The van der Waals surface area contributed by atoms with Crippen molar-refractivity contribution in [1.82, 2.24) is 15.6 Å². The van der Waals surface area contributed by atoms with Crippen molar-refractivity contribution in [2.24, 2.45) is 0 Å². The fourth-order valence-electron chi connectivity index (χ4n) is 11.2. The molecule has 4 aromatic carbocycles. The van der Waals surface area contributed by atoms with Crippen LogP contribution in [0.5, 0.6) is 5.75 Å². The molecule has 3 heterocycles. The molecule has 0 saturated carbocycles. The number of hydrazine groups is 1. The van der Waals surface area contributed by atoms with Crippen LogP contribution in [0.15, 0.2) is 150 Å². The topological polar surface area (TPSA) is 204 Å². The van der Waals surface area contributed by atoms with E-state index in [4.69, 9.17) is 4.74 Å². The third-order valence-corrected chi connectivity index (χ3v) is 16.2. The molecule has 1 aliphatic carbocycles. The molecule has 4 aliphatic rings. The Morgan fingerprint density at radius 1 is 0.831 bits per heavy atom. The first-order valence-corrected chi connectivity index (χ1v) is 28.6. The Hall–Kier alpha value is -6.79. The summed E-state index contributed by atoms with van der Waals surface area (Å²) in [5, 5.41) is 22.0. The van der Waals surface area contributed by atoms with Crippen LogP contribution in [0.1, 0.15) is 127 Å². The number of hydrogen-bond acceptors (Lipinski definition) is 11. The highest BCUT2D eigenvalue weighted by Crippen LogP contribution is 2.48. The van der Waals surface area contributed by atoms with Gasteiger partial charge in [-0.05, 0) is 150 Å². The number of hydrogen-bond donors (Lipinski definition) is 5. The Labute approximate surface area is 454 Å². The number of para-hydroxylation sites is 3. The number of rotatable bonds is 22. The zero-order valence-electron chi connectivity index (χ0n) is 45.0. The zero-order chi connectivity index (χ0) is 54.9. The number of carbonyl (C=O) groups excluding carboxylic acids is 3. The molecule has 2 atom stereocenters. The second kappa shape index (κ2) is 24.7. The monoisotopic (exact) mass is 1060 g/mol. The third-order valence-electron chi connectivity index (χ3n) is 15.4. The highest BCUT2D eigenvalue weighted by Gasteiger charge is 2.44. The Morgan fingerprint density at radius 3 is 2.29 bits per heavy atom. The first-order chi connectivity index (χ1) is 36.8. The van der Waals surface area contributed by atoms with Gasteiger partial charge in [-0.2, -0.15) is 4.58 Å². The van der Waals surface area contributed by atoms with Gasteiger partial charge in [0, 0.05) is 71.8 Å². The molecule has 3 amide bonds. The normalized spacial score (nSPS) is 19.2. The van der Waals surface area contributed by atoms with E-state index in [0.29, 0.717) is 62.9 Å². The molecule has 4 aromatic rings. The van der Waals surface area contributed by atoms with Crippen LogP contribution in [-0.2, 0) is 30.5 Å². The van der Waals surface area contributed by atoms with Crippen LogP contribution in [0.2, 0.25) is 0 Å². The van der Waals surface area contributed by atoms with Crippen LogP contribution in [0, 0.1) is 0 Å². The predicted octanol–water partition coefficient (Wildman–Crippen LogP) is 8.89. The van der Waals surface area contributed by atoms with E-state index in [1.165, 1.54) is 27.4 Å². The maximum atomic E-state index is 13.0. The molecule has 1 saturated heterocycles. The van der Waals surface area contributed by atoms with Crippen molar-refractivity contribution in [1.29, 1.82) is 0 Å². The predicted molar refractivity (Wildman–Crippen MR) is 302 cm³/mol. The van der Waals surface area contributed by atoms with Crippen molar-refractivity contribution >= 4 is 57.7 Å². The molecule has 77 heavy (non-hydrogen) atoms. The number of likely N-dealkylation sites (tertiary alicyclic amines) is 1. The summed E-state index contributed by atoms with van der Waals surface area (Å²) in [6.45, 7) is 12.3. The molecule has 8 rings (SSSR count). The van der Waals surface area contributed by atoms with Gasteiger partial charge in [0.25, 0.3) is 5.91 Å². The second-order valence-corrected chi connectivity index (χ2v) is 23.1. The Morgan fingerprint density at radius 2 is 1.55 bits per heavy atom. The smallest absolute Gasteiger partial charge is 0.475 e. The van der Waals surface area contributed by atoms with E-state index < -0.39 is 35.1 Å². The van der Waals surface area contributed by atoms with Gasteiger partial charge in [0.05, 0.1) is 27.2 Å². The average molecular weight is 1070 g/mol. The standard InChI is InChI=1S/C60H73BN6O9S/c1-42(58(70)67-40-19-28-54(67)61(71)72)62-57(69)45-30-34-46(35-31-45)63-64-55(68)29-10-7-15-38-65-50-26-13-11-24-48(50)59(2,3)52(65)36-32-43-20-18-21-44(56(43)76-47-22-8-6-9-23-47)33-37-53-60(4,5)49-25-12-14-27-51(49)66(53)39-16-17-41-77(73,74)75/h6,8-9,11-14,22-27,30-37,42,54,71-72H,7,10,15-21,28-29,38-41H2,1-5H3,(H3-,62,63,64,68,69,73,74,75)/t42-,54+/m1/s1. The van der Waals surface area contributed by atoms with Crippen molar-refractivity contribution in [2.45, 2.75) is 128 Å². The molecule has 0 spiro atoms. The molecule has 3 aliphatic heterocycles. The number of amides is 3. The van der Waals surface area contributed by atoms with Gasteiger partial charge < -0.3 is 34.5 Å². The number of nitrogens with zero attached hydrogens (tertiary/aromatic N) is 3. The van der Waals surface area contributed by atoms with E-state index in [1.54, 1.807) is 31.2 Å². The van der Waals surface area contributed by atoms with Crippen molar-refractivity contribution in [3.05, 3.63) is 167 Å². The summed E-state index contributed by atoms with van der Waals surface area (Å²) >= 11 is 0. The number of unbranched alkanes of at least 4 members (excludes halogenated alkanes) is 3. The summed E-state index contributed by atoms with van der Waals surface area (Å²) < 4.78 is 43.6. The molecule has 17 heteroatoms. The summed E-state index contributed by atoms with van der Waals surface area (Å²) in [6.07, 6.45) is 16.2. The Bertz CT molecular complexity index is 3080. The van der Waals surface area contributed by atoms with E-state index in [0.717, 1.165) is 72.7 Å². The molecular weight excluding hydrogens is 992 g/mol. The minimum atomic E-state index is -4.29. The van der Waals surface area contributed by atoms with E-state index in [-0.39, 0.29) is 28.4 Å². The molecule has 1 fully saturated rings. The summed E-state index contributed by atoms with van der Waals surface area (Å²) in [5.41, 5.74) is 15.2. The van der Waals surface area contributed by atoms with Crippen LogP contribution in [0.25, 0.3) is 0 Å². The number of benzene rings is 4. The summed E-state index contributed by atoms with van der Waals surface area (Å²) in [4.78, 5) is 42.6. The molecule has 0 unspecified atom stereocenters. The zero-order valence-corrected chi connectivity index (χ0v) is 45.8. The minimum absolute atomic E-state index is 0.157. The summed E-state index contributed by atoms with van der Waals surface area (Å²) in [5.74, 6) is -0.448. The molecule has 0 aromatic heterocycles. The summed E-state index contributed by atoms with van der Waals surface area (Å²) in [6, 6.07) is 32.5. The van der Waals surface area contributed by atoms with Gasteiger partial charge in [-0.1, -0.05) is 74.5 Å². The van der Waals surface area contributed by atoms with Crippen LogP contribution < -0.4 is 25.8 Å². The lowest BCUT2D eigenvalue weighted by Gasteiger charge is -2.27. The quantitative estimate of drug-likeness (QED) is 0.0165. The van der Waals surface area contributed by atoms with Gasteiger partial charge in [0.2, 0.25) is 17.5 Å². The fourth-order valence-corrected chi connectivity index (χ4v) is 11.8. The van der Waals surface area contributed by atoms with E-state index in [9.17, 15) is 37.4 Å². The van der Waals surface area contributed by atoms with Gasteiger partial charge in [-0.15, -0.1) is 0 Å². The third kappa shape index (κ3) is 13.5. The number of ether oxygens (including phenoxy) is 1. The lowest BCUT2D eigenvalue weighted by atomic mass is 9.78. The van der Waals surface area contributed by atoms with E-state index >= 15 is 0 Å². The lowest BCUT2D eigenvalue weighted by Crippen LogP contribution is -2.52. The SMILES string of the molecule is C[C@@H](NC(=O)c1ccc(NNC(=O)CCCCC[N+]2=C(/C=C/C3=C(Oc4ccccc4)C(=C/C=C4/N(CCCCS(=O)(=O)[O-])c5ccccc5C4(C)C)/CCC3)C(C)(C)c3ccccc32)cc1)C(=O)N1CCC[C@H]1B(O)O. The van der Waals surface area contributed by atoms with Crippen LogP contribution in [-0.4, -0.2) is 100 Å². The highest BCUT2D eigenvalue weighted by atomic mass is 32.2. The first-order valence-electron chi connectivity index (χ1n) is 27.1. The number of fused-ring (bicyclic) bond motifs is 2. The second-order valence-electron chi connectivity index (χ2n) is 21.6. The first kappa shape index (κ1) is 56.4. The maximum Gasteiger partial charge on any atom is 0.475 e. The number of allylic oxidation sites excluding steroid dienone is 7. The van der Waals surface area contributed by atoms with Crippen LogP contribution in [0.4, 0.5) is 17.1 Å². The van der Waals surface area contributed by atoms with Gasteiger partial charge in [-0.3, -0.25) is 25.2 Å². The van der Waals surface area contributed by atoms with Crippen molar-refractivity contribution in [3.8, 4) is 5.75 Å².